The molecule has 0 unspecified atom stereocenters. The second-order valence-corrected chi connectivity index (χ2v) is 5.08. The van der Waals surface area contributed by atoms with Crippen molar-refractivity contribution in [2.75, 3.05) is 25.1 Å². The Morgan fingerprint density at radius 2 is 2.11 bits per heavy atom. The van der Waals surface area contributed by atoms with Crippen molar-refractivity contribution in [2.45, 2.75) is 26.2 Å². The lowest BCUT2D eigenvalue weighted by Crippen LogP contribution is -2.07. The molecule has 0 aliphatic rings. The minimum atomic E-state index is -0.384. The van der Waals surface area contributed by atoms with Crippen molar-refractivity contribution in [2.24, 2.45) is 0 Å². The van der Waals surface area contributed by atoms with E-state index in [1.54, 1.807) is 12.1 Å². The van der Waals surface area contributed by atoms with Crippen LogP contribution in [0.5, 0.6) is 0 Å². The summed E-state index contributed by atoms with van der Waals surface area (Å²) in [5, 5.41) is 14.0. The van der Waals surface area contributed by atoms with Gasteiger partial charge in [-0.3, -0.25) is 10.1 Å². The van der Waals surface area contributed by atoms with Gasteiger partial charge in [-0.15, -0.1) is 0 Å². The van der Waals surface area contributed by atoms with E-state index in [9.17, 15) is 10.1 Å². The second kappa shape index (κ2) is 8.87. The zero-order valence-corrected chi connectivity index (χ0v) is 12.6. The quantitative estimate of drug-likeness (QED) is 0.422. The molecular formula is C13H19BrN2O3. The predicted molar refractivity (Wildman–Crippen MR) is 79.6 cm³/mol. The second-order valence-electron chi connectivity index (χ2n) is 4.16. The minimum Gasteiger partial charge on any atom is -0.381 e. The molecule has 0 amide bonds. The predicted octanol–water partition coefficient (Wildman–Crippen LogP) is 3.98. The molecule has 1 aromatic carbocycles. The Balaban J connectivity index is 2.35. The summed E-state index contributed by atoms with van der Waals surface area (Å²) in [6.07, 6.45) is 3.03. The largest absolute Gasteiger partial charge is 0.381 e. The van der Waals surface area contributed by atoms with Gasteiger partial charge in [-0.25, -0.2) is 0 Å². The number of nitrogens with zero attached hydrogens (tertiary/aromatic N) is 1. The average molecular weight is 331 g/mol. The third kappa shape index (κ3) is 6.02. The fourth-order valence-electron chi connectivity index (χ4n) is 1.55. The molecule has 0 atom stereocenters. The highest BCUT2D eigenvalue weighted by atomic mass is 79.9. The van der Waals surface area contributed by atoms with Crippen molar-refractivity contribution in [3.8, 4) is 0 Å². The van der Waals surface area contributed by atoms with Crippen LogP contribution in [0.2, 0.25) is 0 Å². The summed E-state index contributed by atoms with van der Waals surface area (Å²) in [5.74, 6) is 0. The summed E-state index contributed by atoms with van der Waals surface area (Å²) in [7, 11) is 0. The number of anilines is 1. The monoisotopic (exact) mass is 330 g/mol. The lowest BCUT2D eigenvalue weighted by Gasteiger charge is -2.07. The van der Waals surface area contributed by atoms with E-state index in [-0.39, 0.29) is 10.6 Å². The molecule has 5 nitrogen and oxygen atoms in total. The summed E-state index contributed by atoms with van der Waals surface area (Å²) in [4.78, 5) is 10.5. The van der Waals surface area contributed by atoms with Crippen LogP contribution in [0.4, 0.5) is 11.4 Å². The first-order valence-corrected chi connectivity index (χ1v) is 7.20. The molecule has 106 valence electrons. The van der Waals surface area contributed by atoms with Gasteiger partial charge in [0.1, 0.15) is 5.69 Å². The zero-order valence-electron chi connectivity index (χ0n) is 11.0. The molecule has 0 aliphatic carbocycles. The molecule has 0 saturated heterocycles. The molecule has 0 bridgehead atoms. The van der Waals surface area contributed by atoms with Crippen molar-refractivity contribution in [3.63, 3.8) is 0 Å². The molecule has 1 aromatic rings. The van der Waals surface area contributed by atoms with E-state index in [1.807, 2.05) is 0 Å². The van der Waals surface area contributed by atoms with E-state index in [4.69, 9.17) is 4.74 Å². The van der Waals surface area contributed by atoms with Gasteiger partial charge in [0.05, 0.1) is 4.92 Å². The van der Waals surface area contributed by atoms with Gasteiger partial charge in [0.15, 0.2) is 0 Å². The fourth-order valence-corrected chi connectivity index (χ4v) is 1.90. The number of rotatable bonds is 9. The number of benzene rings is 1. The summed E-state index contributed by atoms with van der Waals surface area (Å²) < 4.78 is 6.13. The number of unbranched alkanes of at least 4 members (excludes halogenated alkanes) is 1. The summed E-state index contributed by atoms with van der Waals surface area (Å²) >= 11 is 3.23. The standard InChI is InChI=1S/C13H19BrN2O3/c1-2-3-8-19-9-4-7-15-12-6-5-11(14)10-13(12)16(17)18/h5-6,10,15H,2-4,7-9H2,1H3. The topological polar surface area (TPSA) is 64.4 Å². The summed E-state index contributed by atoms with van der Waals surface area (Å²) in [6.45, 7) is 4.25. The number of nitro benzene ring substituents is 1. The minimum absolute atomic E-state index is 0.0845. The van der Waals surface area contributed by atoms with Crippen molar-refractivity contribution >= 4 is 27.3 Å². The Morgan fingerprint density at radius 3 is 2.79 bits per heavy atom. The Hall–Kier alpha value is -1.14. The number of hydrogen-bond donors (Lipinski definition) is 1. The van der Waals surface area contributed by atoms with Crippen LogP contribution in [0, 0.1) is 10.1 Å². The summed E-state index contributed by atoms with van der Waals surface area (Å²) in [5.41, 5.74) is 0.628. The molecular weight excluding hydrogens is 312 g/mol. The molecule has 0 saturated carbocycles. The van der Waals surface area contributed by atoms with Gasteiger partial charge in [-0.1, -0.05) is 29.3 Å². The first kappa shape index (κ1) is 15.9. The van der Waals surface area contributed by atoms with Gasteiger partial charge in [0.2, 0.25) is 0 Å². The van der Waals surface area contributed by atoms with E-state index in [0.717, 1.165) is 25.9 Å². The van der Waals surface area contributed by atoms with Crippen LogP contribution in [-0.4, -0.2) is 24.7 Å². The van der Waals surface area contributed by atoms with Gasteiger partial charge in [-0.2, -0.15) is 0 Å². The first-order chi connectivity index (χ1) is 9.15. The normalized spacial score (nSPS) is 10.4. The highest BCUT2D eigenvalue weighted by Crippen LogP contribution is 2.27. The van der Waals surface area contributed by atoms with E-state index in [2.05, 4.69) is 28.2 Å². The molecule has 0 heterocycles. The van der Waals surface area contributed by atoms with Crippen LogP contribution in [0.25, 0.3) is 0 Å². The van der Waals surface area contributed by atoms with Crippen molar-refractivity contribution < 1.29 is 9.66 Å². The Kier molecular flexibility index (Phi) is 7.43. The van der Waals surface area contributed by atoms with Gasteiger partial charge >= 0.3 is 0 Å². The maximum Gasteiger partial charge on any atom is 0.293 e. The van der Waals surface area contributed by atoms with Gasteiger partial charge in [0.25, 0.3) is 5.69 Å². The first-order valence-electron chi connectivity index (χ1n) is 6.40. The van der Waals surface area contributed by atoms with Crippen molar-refractivity contribution in [3.05, 3.63) is 32.8 Å². The van der Waals surface area contributed by atoms with Gasteiger partial charge < -0.3 is 10.1 Å². The molecule has 1 N–H and O–H groups in total. The number of nitro groups is 1. The van der Waals surface area contributed by atoms with E-state index in [0.29, 0.717) is 23.3 Å². The molecule has 0 spiro atoms. The van der Waals surface area contributed by atoms with E-state index < -0.39 is 0 Å². The molecule has 1 rings (SSSR count). The van der Waals surface area contributed by atoms with Crippen molar-refractivity contribution in [1.29, 1.82) is 0 Å². The van der Waals surface area contributed by atoms with Gasteiger partial charge in [-0.05, 0) is 25.0 Å². The van der Waals surface area contributed by atoms with Crippen LogP contribution < -0.4 is 5.32 Å². The van der Waals surface area contributed by atoms with Crippen molar-refractivity contribution in [1.82, 2.24) is 0 Å². The zero-order chi connectivity index (χ0) is 14.1. The molecule has 19 heavy (non-hydrogen) atoms. The molecule has 0 aromatic heterocycles. The maximum atomic E-state index is 10.9. The fraction of sp³-hybridized carbons (Fsp3) is 0.538. The molecule has 6 heteroatoms. The number of ether oxygens (including phenoxy) is 1. The SMILES string of the molecule is CCCCOCCCNc1ccc(Br)cc1[N+](=O)[O-]. The lowest BCUT2D eigenvalue weighted by atomic mass is 10.2. The lowest BCUT2D eigenvalue weighted by molar-refractivity contribution is -0.384. The Labute approximate surface area is 121 Å². The molecule has 0 fully saturated rings. The number of nitrogens with one attached hydrogen (secondary N) is 1. The highest BCUT2D eigenvalue weighted by molar-refractivity contribution is 9.10. The van der Waals surface area contributed by atoms with Crippen LogP contribution >= 0.6 is 15.9 Å². The number of halogens is 1. The smallest absolute Gasteiger partial charge is 0.293 e. The Morgan fingerprint density at radius 1 is 1.37 bits per heavy atom. The maximum absolute atomic E-state index is 10.9. The molecule has 0 aliphatic heterocycles. The number of hydrogen-bond acceptors (Lipinski definition) is 4. The highest BCUT2D eigenvalue weighted by Gasteiger charge is 2.13. The van der Waals surface area contributed by atoms with Crippen LogP contribution in [0.1, 0.15) is 26.2 Å². The van der Waals surface area contributed by atoms with E-state index in [1.165, 1.54) is 6.07 Å². The molecule has 0 radical (unpaired) electrons. The van der Waals surface area contributed by atoms with Gasteiger partial charge in [0, 0.05) is 30.3 Å². The Bertz CT molecular complexity index is 413. The van der Waals surface area contributed by atoms with E-state index >= 15 is 0 Å². The third-order valence-corrected chi connectivity index (χ3v) is 3.07. The third-order valence-electron chi connectivity index (χ3n) is 2.58. The van der Waals surface area contributed by atoms with Crippen LogP contribution in [-0.2, 0) is 4.74 Å². The van der Waals surface area contributed by atoms with Crippen LogP contribution in [0.15, 0.2) is 22.7 Å². The summed E-state index contributed by atoms with van der Waals surface area (Å²) in [6, 6.07) is 4.99. The van der Waals surface area contributed by atoms with Crippen LogP contribution in [0.3, 0.4) is 0 Å². The average Bonchev–Trinajstić information content (AvgIpc) is 2.39.